The quantitative estimate of drug-likeness (QED) is 0.114. The SMILES string of the molecule is CCCCc1cc(NC(=O)Nc2ccc(OCc3ccnc(Nc4cnc(CC(=O)N(C)C)cn4)c3)c3ccccc23)n(-c2ccc(C)cc2)n1. The van der Waals surface area contributed by atoms with E-state index in [2.05, 4.69) is 37.8 Å². The summed E-state index contributed by atoms with van der Waals surface area (Å²) in [4.78, 5) is 40.0. The molecule has 0 fully saturated rings. The van der Waals surface area contributed by atoms with Gasteiger partial charge in [0.1, 0.15) is 29.8 Å². The maximum Gasteiger partial charge on any atom is 0.324 e. The Morgan fingerprint density at radius 1 is 0.843 bits per heavy atom. The molecular weight excluding hydrogens is 642 g/mol. The molecule has 12 nitrogen and oxygen atoms in total. The summed E-state index contributed by atoms with van der Waals surface area (Å²) in [5, 5.41) is 15.7. The second-order valence-electron chi connectivity index (χ2n) is 12.4. The average molecular weight is 684 g/mol. The summed E-state index contributed by atoms with van der Waals surface area (Å²) < 4.78 is 8.06. The number of nitrogens with zero attached hydrogens (tertiary/aromatic N) is 6. The minimum Gasteiger partial charge on any atom is -0.488 e. The number of carbonyl (C=O) groups is 2. The number of aryl methyl sites for hydroxylation is 2. The predicted octanol–water partition coefficient (Wildman–Crippen LogP) is 7.46. The summed E-state index contributed by atoms with van der Waals surface area (Å²) in [6.45, 7) is 4.47. The molecule has 0 unspecified atom stereocenters. The van der Waals surface area contributed by atoms with Gasteiger partial charge in [-0.3, -0.25) is 15.1 Å². The highest BCUT2D eigenvalue weighted by atomic mass is 16.5. The maximum absolute atomic E-state index is 13.4. The van der Waals surface area contributed by atoms with E-state index >= 15 is 0 Å². The lowest BCUT2D eigenvalue weighted by atomic mass is 10.1. The van der Waals surface area contributed by atoms with Crippen LogP contribution in [-0.4, -0.2) is 55.7 Å². The highest BCUT2D eigenvalue weighted by Crippen LogP contribution is 2.32. The normalized spacial score (nSPS) is 10.9. The minimum atomic E-state index is -0.373. The Balaban J connectivity index is 1.13. The van der Waals surface area contributed by atoms with Gasteiger partial charge in [-0.15, -0.1) is 0 Å². The molecule has 0 spiro atoms. The second kappa shape index (κ2) is 15.9. The van der Waals surface area contributed by atoms with Gasteiger partial charge in [-0.2, -0.15) is 5.10 Å². The number of aromatic nitrogens is 5. The van der Waals surface area contributed by atoms with Gasteiger partial charge in [0, 0.05) is 37.1 Å². The largest absolute Gasteiger partial charge is 0.488 e. The summed E-state index contributed by atoms with van der Waals surface area (Å²) >= 11 is 0. The zero-order valence-corrected chi connectivity index (χ0v) is 29.2. The Morgan fingerprint density at radius 3 is 2.39 bits per heavy atom. The van der Waals surface area contributed by atoms with Gasteiger partial charge in [0.05, 0.1) is 41.6 Å². The highest BCUT2D eigenvalue weighted by molar-refractivity contribution is 6.07. The molecule has 0 aliphatic rings. The van der Waals surface area contributed by atoms with E-state index in [0.717, 1.165) is 52.5 Å². The van der Waals surface area contributed by atoms with Gasteiger partial charge in [0.15, 0.2) is 0 Å². The summed E-state index contributed by atoms with van der Waals surface area (Å²) in [5.41, 5.74) is 5.08. The van der Waals surface area contributed by atoms with E-state index in [-0.39, 0.29) is 25.0 Å². The molecule has 0 saturated heterocycles. The number of urea groups is 1. The molecule has 3 aromatic heterocycles. The van der Waals surface area contributed by atoms with E-state index in [1.54, 1.807) is 37.4 Å². The van der Waals surface area contributed by atoms with E-state index in [1.165, 1.54) is 4.90 Å². The van der Waals surface area contributed by atoms with Crippen molar-refractivity contribution < 1.29 is 14.3 Å². The molecule has 6 aromatic rings. The summed E-state index contributed by atoms with van der Waals surface area (Å²) in [5.74, 6) is 2.32. The van der Waals surface area contributed by atoms with Crippen LogP contribution in [0.3, 0.4) is 0 Å². The summed E-state index contributed by atoms with van der Waals surface area (Å²) in [6.07, 6.45) is 7.94. The Hall–Kier alpha value is -6.30. The molecule has 12 heteroatoms. The zero-order valence-electron chi connectivity index (χ0n) is 29.2. The van der Waals surface area contributed by atoms with Crippen LogP contribution in [0.2, 0.25) is 0 Å². The molecule has 0 atom stereocenters. The number of ether oxygens (including phenoxy) is 1. The topological polar surface area (TPSA) is 139 Å². The van der Waals surface area contributed by atoms with Crippen LogP contribution in [0.5, 0.6) is 5.75 Å². The monoisotopic (exact) mass is 683 g/mol. The Kier molecular flexibility index (Phi) is 10.8. The number of hydrogen-bond acceptors (Lipinski definition) is 8. The first kappa shape index (κ1) is 34.6. The molecule has 3 aromatic carbocycles. The number of benzene rings is 3. The molecular formula is C39H41N9O3. The first-order chi connectivity index (χ1) is 24.7. The van der Waals surface area contributed by atoms with Crippen LogP contribution in [0.1, 0.15) is 42.3 Å². The van der Waals surface area contributed by atoms with Gasteiger partial charge in [-0.1, -0.05) is 55.3 Å². The summed E-state index contributed by atoms with van der Waals surface area (Å²) in [7, 11) is 3.41. The molecule has 6 rings (SSSR count). The summed E-state index contributed by atoms with van der Waals surface area (Å²) in [6, 6.07) is 24.9. The molecule has 0 bridgehead atoms. The average Bonchev–Trinajstić information content (AvgIpc) is 3.53. The van der Waals surface area contributed by atoms with Crippen LogP contribution >= 0.6 is 0 Å². The number of unbranched alkanes of at least 4 members (excludes halogenated alkanes) is 1. The van der Waals surface area contributed by atoms with Gasteiger partial charge in [-0.25, -0.2) is 19.4 Å². The molecule has 0 radical (unpaired) electrons. The number of amides is 3. The predicted molar refractivity (Wildman–Crippen MR) is 200 cm³/mol. The first-order valence-corrected chi connectivity index (χ1v) is 16.9. The molecule has 3 amide bonds. The standard InChI is InChI=1S/C39H41N9O3/c1-5-6-9-28-21-37(48(46-28)30-14-12-26(2)13-15-30)45-39(50)43-33-16-17-34(32-11-8-7-10-31(32)33)51-25-27-18-19-40-35(20-27)44-36-24-41-29(23-42-36)22-38(49)47(3)4/h7-8,10-21,23-24H,5-6,9,22,25H2,1-4H3,(H,40,42,44)(H2,43,45,50). The molecule has 3 heterocycles. The number of anilines is 4. The lowest BCUT2D eigenvalue weighted by Gasteiger charge is -2.15. The number of hydrogen-bond donors (Lipinski definition) is 3. The van der Waals surface area contributed by atoms with Crippen molar-refractivity contribution in [2.24, 2.45) is 0 Å². The van der Waals surface area contributed by atoms with Crippen molar-refractivity contribution in [2.45, 2.75) is 46.1 Å². The fourth-order valence-electron chi connectivity index (χ4n) is 5.41. The van der Waals surface area contributed by atoms with Crippen LogP contribution < -0.4 is 20.7 Å². The maximum atomic E-state index is 13.4. The minimum absolute atomic E-state index is 0.0435. The van der Waals surface area contributed by atoms with Crippen molar-refractivity contribution in [3.63, 3.8) is 0 Å². The number of rotatable bonds is 13. The zero-order chi connectivity index (χ0) is 35.7. The van der Waals surface area contributed by atoms with Crippen LogP contribution in [0.4, 0.5) is 27.9 Å². The molecule has 51 heavy (non-hydrogen) atoms. The second-order valence-corrected chi connectivity index (χ2v) is 12.4. The third-order valence-corrected chi connectivity index (χ3v) is 8.21. The Morgan fingerprint density at radius 2 is 1.65 bits per heavy atom. The fraction of sp³-hybridized carbons (Fsp3) is 0.231. The third-order valence-electron chi connectivity index (χ3n) is 8.21. The van der Waals surface area contributed by atoms with E-state index < -0.39 is 0 Å². The Labute approximate surface area is 296 Å². The van der Waals surface area contributed by atoms with Gasteiger partial charge in [0.25, 0.3) is 0 Å². The van der Waals surface area contributed by atoms with E-state index in [9.17, 15) is 9.59 Å². The van der Waals surface area contributed by atoms with Gasteiger partial charge in [0.2, 0.25) is 5.91 Å². The number of likely N-dealkylation sites (N-methyl/N-ethyl adjacent to an activating group) is 1. The van der Waals surface area contributed by atoms with Crippen molar-refractivity contribution in [3.8, 4) is 11.4 Å². The number of nitrogens with one attached hydrogen (secondary N) is 3. The fourth-order valence-corrected chi connectivity index (χ4v) is 5.41. The van der Waals surface area contributed by atoms with Crippen LogP contribution in [-0.2, 0) is 24.2 Å². The van der Waals surface area contributed by atoms with E-state index in [1.807, 2.05) is 85.8 Å². The van der Waals surface area contributed by atoms with Gasteiger partial charge >= 0.3 is 6.03 Å². The lowest BCUT2D eigenvalue weighted by molar-refractivity contribution is -0.128. The smallest absolute Gasteiger partial charge is 0.324 e. The number of carbonyl (C=O) groups excluding carboxylic acids is 2. The molecule has 0 saturated carbocycles. The molecule has 3 N–H and O–H groups in total. The van der Waals surface area contributed by atoms with Crippen molar-refractivity contribution in [1.29, 1.82) is 0 Å². The Bertz CT molecular complexity index is 2130. The van der Waals surface area contributed by atoms with Gasteiger partial charge < -0.3 is 20.3 Å². The molecule has 0 aliphatic heterocycles. The highest BCUT2D eigenvalue weighted by Gasteiger charge is 2.15. The first-order valence-electron chi connectivity index (χ1n) is 16.9. The van der Waals surface area contributed by atoms with E-state index in [0.29, 0.717) is 34.6 Å². The lowest BCUT2D eigenvalue weighted by Crippen LogP contribution is -2.23. The van der Waals surface area contributed by atoms with Crippen molar-refractivity contribution in [1.82, 2.24) is 29.6 Å². The van der Waals surface area contributed by atoms with Crippen molar-refractivity contribution in [3.05, 3.63) is 120 Å². The van der Waals surface area contributed by atoms with Gasteiger partial charge in [-0.05, 0) is 61.7 Å². The number of pyridine rings is 1. The van der Waals surface area contributed by atoms with E-state index in [4.69, 9.17) is 9.84 Å². The van der Waals surface area contributed by atoms with Crippen LogP contribution in [0.25, 0.3) is 16.5 Å². The van der Waals surface area contributed by atoms with Crippen LogP contribution in [0.15, 0.2) is 97.5 Å². The van der Waals surface area contributed by atoms with Crippen LogP contribution in [0, 0.1) is 6.92 Å². The van der Waals surface area contributed by atoms with Crippen molar-refractivity contribution >= 4 is 45.9 Å². The van der Waals surface area contributed by atoms with Crippen molar-refractivity contribution in [2.75, 3.05) is 30.0 Å². The third kappa shape index (κ3) is 8.84. The molecule has 0 aliphatic carbocycles. The number of fused-ring (bicyclic) bond motifs is 1. The molecule has 260 valence electrons.